The highest BCUT2D eigenvalue weighted by molar-refractivity contribution is 14.1. The third-order valence-corrected chi connectivity index (χ3v) is 3.38. The zero-order valence-electron chi connectivity index (χ0n) is 10.4. The SMILES string of the molecule is CC1(C)OCC(CNC(=O)c2ccc(I)cc2)O1. The molecular formula is C13H16INO3. The zero-order valence-corrected chi connectivity index (χ0v) is 12.6. The van der Waals surface area contributed by atoms with Gasteiger partial charge in [-0.15, -0.1) is 0 Å². The Balaban J connectivity index is 1.84. The molecule has 1 unspecified atom stereocenters. The van der Waals surface area contributed by atoms with Crippen LogP contribution in [0.5, 0.6) is 0 Å². The highest BCUT2D eigenvalue weighted by atomic mass is 127. The molecule has 0 aromatic heterocycles. The van der Waals surface area contributed by atoms with Crippen LogP contribution in [0, 0.1) is 3.57 Å². The smallest absolute Gasteiger partial charge is 0.251 e. The van der Waals surface area contributed by atoms with E-state index in [1.54, 1.807) is 0 Å². The number of carbonyl (C=O) groups is 1. The van der Waals surface area contributed by atoms with Crippen LogP contribution < -0.4 is 5.32 Å². The maximum absolute atomic E-state index is 11.9. The van der Waals surface area contributed by atoms with E-state index >= 15 is 0 Å². The Hall–Kier alpha value is -0.660. The first-order chi connectivity index (χ1) is 8.46. The summed E-state index contributed by atoms with van der Waals surface area (Å²) in [6, 6.07) is 7.45. The molecule has 5 heteroatoms. The Labute approximate surface area is 120 Å². The van der Waals surface area contributed by atoms with Gasteiger partial charge in [-0.1, -0.05) is 0 Å². The van der Waals surface area contributed by atoms with Crippen molar-refractivity contribution in [1.82, 2.24) is 5.32 Å². The Morgan fingerprint density at radius 3 is 2.67 bits per heavy atom. The fourth-order valence-electron chi connectivity index (χ4n) is 1.77. The van der Waals surface area contributed by atoms with Gasteiger partial charge in [0.2, 0.25) is 0 Å². The van der Waals surface area contributed by atoms with E-state index in [1.807, 2.05) is 38.1 Å². The number of hydrogen-bond donors (Lipinski definition) is 1. The number of rotatable bonds is 3. The standard InChI is InChI=1S/C13H16INO3/c1-13(2)17-8-11(18-13)7-15-12(16)9-3-5-10(14)6-4-9/h3-6,11H,7-8H2,1-2H3,(H,15,16). The quantitative estimate of drug-likeness (QED) is 0.840. The monoisotopic (exact) mass is 361 g/mol. The molecule has 1 aliphatic rings. The molecule has 98 valence electrons. The lowest BCUT2D eigenvalue weighted by Gasteiger charge is -2.17. The molecule has 1 N–H and O–H groups in total. The molecule has 1 saturated heterocycles. The maximum Gasteiger partial charge on any atom is 0.251 e. The first-order valence-electron chi connectivity index (χ1n) is 5.82. The molecule has 1 aliphatic heterocycles. The average Bonchev–Trinajstić information content (AvgIpc) is 2.67. The van der Waals surface area contributed by atoms with E-state index in [0.717, 1.165) is 3.57 Å². The van der Waals surface area contributed by atoms with Gasteiger partial charge in [0, 0.05) is 15.7 Å². The van der Waals surface area contributed by atoms with Crippen LogP contribution in [-0.2, 0) is 9.47 Å². The van der Waals surface area contributed by atoms with Crippen LogP contribution in [0.4, 0.5) is 0 Å². The summed E-state index contributed by atoms with van der Waals surface area (Å²) in [6.45, 7) is 4.72. The number of benzene rings is 1. The number of amides is 1. The summed E-state index contributed by atoms with van der Waals surface area (Å²) in [4.78, 5) is 11.9. The fourth-order valence-corrected chi connectivity index (χ4v) is 2.13. The van der Waals surface area contributed by atoms with Gasteiger partial charge in [0.25, 0.3) is 5.91 Å². The van der Waals surface area contributed by atoms with E-state index < -0.39 is 5.79 Å². The highest BCUT2D eigenvalue weighted by Crippen LogP contribution is 2.21. The first-order valence-corrected chi connectivity index (χ1v) is 6.90. The Bertz CT molecular complexity index is 430. The van der Waals surface area contributed by atoms with Crippen molar-refractivity contribution >= 4 is 28.5 Å². The molecule has 1 amide bonds. The van der Waals surface area contributed by atoms with E-state index in [-0.39, 0.29) is 12.0 Å². The lowest BCUT2D eigenvalue weighted by molar-refractivity contribution is -0.137. The van der Waals surface area contributed by atoms with Gasteiger partial charge in [-0.3, -0.25) is 4.79 Å². The maximum atomic E-state index is 11.9. The molecular weight excluding hydrogens is 345 g/mol. The molecule has 0 saturated carbocycles. The number of halogens is 1. The summed E-state index contributed by atoms with van der Waals surface area (Å²) < 4.78 is 12.2. The Kier molecular flexibility index (Phi) is 4.24. The summed E-state index contributed by atoms with van der Waals surface area (Å²) in [5.74, 6) is -0.627. The minimum Gasteiger partial charge on any atom is -0.349 e. The normalized spacial score (nSPS) is 21.8. The van der Waals surface area contributed by atoms with Crippen molar-refractivity contribution in [3.05, 3.63) is 33.4 Å². The predicted octanol–water partition coefficient (Wildman–Crippen LogP) is 2.17. The minimum atomic E-state index is -0.543. The van der Waals surface area contributed by atoms with Gasteiger partial charge < -0.3 is 14.8 Å². The van der Waals surface area contributed by atoms with Gasteiger partial charge in [-0.25, -0.2) is 0 Å². The van der Waals surface area contributed by atoms with Gasteiger partial charge in [0.05, 0.1) is 6.61 Å². The second-order valence-electron chi connectivity index (χ2n) is 4.67. The minimum absolute atomic E-state index is 0.0761. The van der Waals surface area contributed by atoms with Crippen molar-refractivity contribution in [1.29, 1.82) is 0 Å². The number of ether oxygens (including phenoxy) is 2. The molecule has 1 heterocycles. The topological polar surface area (TPSA) is 47.6 Å². The van der Waals surface area contributed by atoms with Crippen LogP contribution >= 0.6 is 22.6 Å². The molecule has 0 spiro atoms. The van der Waals surface area contributed by atoms with Gasteiger partial charge in [-0.05, 0) is 60.7 Å². The number of carbonyl (C=O) groups excluding carboxylic acids is 1. The van der Waals surface area contributed by atoms with Gasteiger partial charge in [0.15, 0.2) is 5.79 Å². The average molecular weight is 361 g/mol. The van der Waals surface area contributed by atoms with Gasteiger partial charge in [-0.2, -0.15) is 0 Å². The van der Waals surface area contributed by atoms with Crippen molar-refractivity contribution < 1.29 is 14.3 Å². The fraction of sp³-hybridized carbons (Fsp3) is 0.462. The van der Waals surface area contributed by atoms with Crippen molar-refractivity contribution in [3.63, 3.8) is 0 Å². The van der Waals surface area contributed by atoms with Gasteiger partial charge >= 0.3 is 0 Å². The van der Waals surface area contributed by atoms with Crippen LogP contribution in [0.2, 0.25) is 0 Å². The zero-order chi connectivity index (χ0) is 13.2. The highest BCUT2D eigenvalue weighted by Gasteiger charge is 2.32. The van der Waals surface area contributed by atoms with Crippen LogP contribution in [0.25, 0.3) is 0 Å². The molecule has 0 bridgehead atoms. The van der Waals surface area contributed by atoms with Crippen molar-refractivity contribution in [2.45, 2.75) is 25.7 Å². The molecule has 18 heavy (non-hydrogen) atoms. The summed E-state index contributed by atoms with van der Waals surface area (Å²) in [6.07, 6.45) is -0.0761. The van der Waals surface area contributed by atoms with E-state index in [9.17, 15) is 4.79 Å². The lowest BCUT2D eigenvalue weighted by Crippen LogP contribution is -2.34. The molecule has 4 nitrogen and oxygen atoms in total. The van der Waals surface area contributed by atoms with Crippen LogP contribution in [0.1, 0.15) is 24.2 Å². The third kappa shape index (κ3) is 3.66. The van der Waals surface area contributed by atoms with Crippen molar-refractivity contribution in [3.8, 4) is 0 Å². The second-order valence-corrected chi connectivity index (χ2v) is 5.91. The van der Waals surface area contributed by atoms with E-state index in [0.29, 0.717) is 18.7 Å². The van der Waals surface area contributed by atoms with E-state index in [1.165, 1.54) is 0 Å². The van der Waals surface area contributed by atoms with Crippen LogP contribution in [0.3, 0.4) is 0 Å². The van der Waals surface area contributed by atoms with E-state index in [2.05, 4.69) is 27.9 Å². The summed E-state index contributed by atoms with van der Waals surface area (Å²) in [5, 5.41) is 2.85. The van der Waals surface area contributed by atoms with Gasteiger partial charge in [0.1, 0.15) is 6.10 Å². The largest absolute Gasteiger partial charge is 0.349 e. The molecule has 2 rings (SSSR count). The summed E-state index contributed by atoms with van der Waals surface area (Å²) >= 11 is 2.21. The summed E-state index contributed by atoms with van der Waals surface area (Å²) in [7, 11) is 0. The second kappa shape index (κ2) is 5.54. The lowest BCUT2D eigenvalue weighted by atomic mass is 10.2. The van der Waals surface area contributed by atoms with Crippen LogP contribution in [0.15, 0.2) is 24.3 Å². The van der Waals surface area contributed by atoms with Crippen LogP contribution in [-0.4, -0.2) is 30.9 Å². The number of nitrogens with one attached hydrogen (secondary N) is 1. The third-order valence-electron chi connectivity index (χ3n) is 2.66. The first kappa shape index (κ1) is 13.8. The summed E-state index contributed by atoms with van der Waals surface area (Å²) in [5.41, 5.74) is 0.661. The Morgan fingerprint density at radius 1 is 1.44 bits per heavy atom. The van der Waals surface area contributed by atoms with E-state index in [4.69, 9.17) is 9.47 Å². The molecule has 0 radical (unpaired) electrons. The molecule has 1 atom stereocenters. The number of hydrogen-bond acceptors (Lipinski definition) is 3. The molecule has 1 fully saturated rings. The molecule has 1 aromatic carbocycles. The predicted molar refractivity (Wildman–Crippen MR) is 76.4 cm³/mol. The van der Waals surface area contributed by atoms with Crippen molar-refractivity contribution in [2.75, 3.05) is 13.2 Å². The molecule has 0 aliphatic carbocycles. The van der Waals surface area contributed by atoms with Crippen molar-refractivity contribution in [2.24, 2.45) is 0 Å². The Morgan fingerprint density at radius 2 is 2.11 bits per heavy atom. The molecule has 1 aromatic rings.